The highest BCUT2D eigenvalue weighted by molar-refractivity contribution is 7.98. The number of para-hydroxylation sites is 1. The molecule has 3 heteroatoms. The molecular weight excluding hydrogens is 254 g/mol. The van der Waals surface area contributed by atoms with Crippen molar-refractivity contribution in [3.05, 3.63) is 65.7 Å². The Morgan fingerprint density at radius 2 is 1.74 bits per heavy atom. The van der Waals surface area contributed by atoms with Gasteiger partial charge in [-0.05, 0) is 11.6 Å². The third-order valence-electron chi connectivity index (χ3n) is 2.99. The van der Waals surface area contributed by atoms with Crippen molar-refractivity contribution in [2.24, 2.45) is 5.73 Å². The molecule has 2 N–H and O–H groups in total. The van der Waals surface area contributed by atoms with Gasteiger partial charge in [0.25, 0.3) is 0 Å². The SMILES string of the molecule is COc1ccccc1C(CN)SCc1ccccc1. The second-order valence-corrected chi connectivity index (χ2v) is 5.45. The van der Waals surface area contributed by atoms with Crippen LogP contribution in [0.4, 0.5) is 0 Å². The molecule has 0 aliphatic rings. The summed E-state index contributed by atoms with van der Waals surface area (Å²) in [5, 5.41) is 0.261. The van der Waals surface area contributed by atoms with Gasteiger partial charge in [-0.3, -0.25) is 0 Å². The van der Waals surface area contributed by atoms with Crippen LogP contribution in [0.1, 0.15) is 16.4 Å². The van der Waals surface area contributed by atoms with Crippen LogP contribution in [0.25, 0.3) is 0 Å². The van der Waals surface area contributed by atoms with Crippen molar-refractivity contribution in [3.8, 4) is 5.75 Å². The van der Waals surface area contributed by atoms with E-state index >= 15 is 0 Å². The van der Waals surface area contributed by atoms with E-state index in [0.29, 0.717) is 6.54 Å². The molecule has 0 fully saturated rings. The van der Waals surface area contributed by atoms with Gasteiger partial charge in [0.1, 0.15) is 5.75 Å². The van der Waals surface area contributed by atoms with E-state index in [4.69, 9.17) is 10.5 Å². The van der Waals surface area contributed by atoms with Crippen LogP contribution >= 0.6 is 11.8 Å². The maximum absolute atomic E-state index is 5.92. The van der Waals surface area contributed by atoms with E-state index < -0.39 is 0 Å². The summed E-state index contributed by atoms with van der Waals surface area (Å²) in [6.45, 7) is 0.609. The number of thioether (sulfide) groups is 1. The van der Waals surface area contributed by atoms with Crippen molar-refractivity contribution >= 4 is 11.8 Å². The number of hydrogen-bond acceptors (Lipinski definition) is 3. The number of hydrogen-bond donors (Lipinski definition) is 1. The molecule has 1 atom stereocenters. The molecule has 0 saturated heterocycles. The molecule has 0 amide bonds. The van der Waals surface area contributed by atoms with Gasteiger partial charge in [0.05, 0.1) is 7.11 Å². The highest BCUT2D eigenvalue weighted by Crippen LogP contribution is 2.35. The highest BCUT2D eigenvalue weighted by Gasteiger charge is 2.14. The van der Waals surface area contributed by atoms with Crippen LogP contribution < -0.4 is 10.5 Å². The van der Waals surface area contributed by atoms with E-state index in [0.717, 1.165) is 11.5 Å². The van der Waals surface area contributed by atoms with Crippen LogP contribution in [0, 0.1) is 0 Å². The fourth-order valence-electron chi connectivity index (χ4n) is 1.99. The molecule has 0 bridgehead atoms. The Balaban J connectivity index is 2.08. The maximum atomic E-state index is 5.92. The summed E-state index contributed by atoms with van der Waals surface area (Å²) in [5.41, 5.74) is 8.41. The number of rotatable bonds is 6. The molecule has 0 radical (unpaired) electrons. The summed E-state index contributed by atoms with van der Waals surface area (Å²) in [4.78, 5) is 0. The lowest BCUT2D eigenvalue weighted by atomic mass is 10.1. The molecule has 19 heavy (non-hydrogen) atoms. The van der Waals surface area contributed by atoms with Crippen molar-refractivity contribution in [1.29, 1.82) is 0 Å². The van der Waals surface area contributed by atoms with Crippen molar-refractivity contribution in [2.75, 3.05) is 13.7 Å². The molecule has 0 aliphatic carbocycles. The molecule has 2 nitrogen and oxygen atoms in total. The Morgan fingerprint density at radius 1 is 1.05 bits per heavy atom. The summed E-state index contributed by atoms with van der Waals surface area (Å²) >= 11 is 1.85. The number of ether oxygens (including phenoxy) is 1. The van der Waals surface area contributed by atoms with E-state index in [9.17, 15) is 0 Å². The van der Waals surface area contributed by atoms with Gasteiger partial charge in [0.15, 0.2) is 0 Å². The maximum Gasteiger partial charge on any atom is 0.123 e. The molecular formula is C16H19NOS. The summed E-state index contributed by atoms with van der Waals surface area (Å²) in [6.07, 6.45) is 0. The standard InChI is InChI=1S/C16H19NOS/c1-18-15-10-6-5-9-14(15)16(11-17)19-12-13-7-3-2-4-8-13/h2-10,16H,11-12,17H2,1H3. The van der Waals surface area contributed by atoms with Crippen LogP contribution in [-0.4, -0.2) is 13.7 Å². The third-order valence-corrected chi connectivity index (χ3v) is 4.34. The zero-order chi connectivity index (χ0) is 13.5. The highest BCUT2D eigenvalue weighted by atomic mass is 32.2. The van der Waals surface area contributed by atoms with Gasteiger partial charge in [0.2, 0.25) is 0 Å². The first kappa shape index (κ1) is 14.0. The van der Waals surface area contributed by atoms with E-state index in [2.05, 4.69) is 30.3 Å². The molecule has 0 spiro atoms. The van der Waals surface area contributed by atoms with Crippen molar-refractivity contribution < 1.29 is 4.74 Å². The normalized spacial score (nSPS) is 12.1. The Hall–Kier alpha value is -1.45. The van der Waals surface area contributed by atoms with Gasteiger partial charge in [-0.25, -0.2) is 0 Å². The van der Waals surface area contributed by atoms with Crippen LogP contribution in [0.2, 0.25) is 0 Å². The average molecular weight is 273 g/mol. The zero-order valence-corrected chi connectivity index (χ0v) is 11.9. The lowest BCUT2D eigenvalue weighted by Crippen LogP contribution is -2.10. The molecule has 1 unspecified atom stereocenters. The van der Waals surface area contributed by atoms with Gasteiger partial charge in [-0.15, -0.1) is 11.8 Å². The molecule has 100 valence electrons. The van der Waals surface area contributed by atoms with Crippen molar-refractivity contribution in [2.45, 2.75) is 11.0 Å². The first-order valence-corrected chi connectivity index (χ1v) is 7.38. The smallest absolute Gasteiger partial charge is 0.123 e. The lowest BCUT2D eigenvalue weighted by molar-refractivity contribution is 0.409. The molecule has 0 saturated carbocycles. The van der Waals surface area contributed by atoms with E-state index in [-0.39, 0.29) is 5.25 Å². The van der Waals surface area contributed by atoms with E-state index in [1.54, 1.807) is 7.11 Å². The first-order valence-electron chi connectivity index (χ1n) is 6.33. The summed E-state index contributed by atoms with van der Waals surface area (Å²) in [7, 11) is 1.70. The Bertz CT molecular complexity index is 501. The molecule has 2 aromatic carbocycles. The molecule has 0 heterocycles. The van der Waals surface area contributed by atoms with Crippen LogP contribution in [-0.2, 0) is 5.75 Å². The van der Waals surface area contributed by atoms with Crippen LogP contribution in [0.5, 0.6) is 5.75 Å². The van der Waals surface area contributed by atoms with E-state index in [1.165, 1.54) is 11.1 Å². The molecule has 2 rings (SSSR count). The predicted octanol–water partition coefficient (Wildman–Crippen LogP) is 3.63. The monoisotopic (exact) mass is 273 g/mol. The van der Waals surface area contributed by atoms with Gasteiger partial charge in [0, 0.05) is 23.1 Å². The summed E-state index contributed by atoms with van der Waals surface area (Å²) < 4.78 is 5.41. The van der Waals surface area contributed by atoms with Crippen molar-refractivity contribution in [3.63, 3.8) is 0 Å². The first-order chi connectivity index (χ1) is 9.35. The van der Waals surface area contributed by atoms with Crippen LogP contribution in [0.15, 0.2) is 54.6 Å². The van der Waals surface area contributed by atoms with Gasteiger partial charge < -0.3 is 10.5 Å². The largest absolute Gasteiger partial charge is 0.496 e. The van der Waals surface area contributed by atoms with Gasteiger partial charge in [-0.2, -0.15) is 0 Å². The number of benzene rings is 2. The number of methoxy groups -OCH3 is 1. The second kappa shape index (κ2) is 7.22. The Labute approximate surface area is 119 Å². The van der Waals surface area contributed by atoms with Gasteiger partial charge in [-0.1, -0.05) is 48.5 Å². The van der Waals surface area contributed by atoms with Crippen molar-refractivity contribution in [1.82, 2.24) is 0 Å². The quantitative estimate of drug-likeness (QED) is 0.873. The zero-order valence-electron chi connectivity index (χ0n) is 11.1. The third kappa shape index (κ3) is 3.75. The minimum Gasteiger partial charge on any atom is -0.496 e. The molecule has 0 aliphatic heterocycles. The average Bonchev–Trinajstić information content (AvgIpc) is 2.49. The second-order valence-electron chi connectivity index (χ2n) is 4.26. The molecule has 2 aromatic rings. The summed E-state index contributed by atoms with van der Waals surface area (Å²) in [5.74, 6) is 1.87. The topological polar surface area (TPSA) is 35.2 Å². The van der Waals surface area contributed by atoms with E-state index in [1.807, 2.05) is 36.0 Å². The number of nitrogens with two attached hydrogens (primary N) is 1. The van der Waals surface area contributed by atoms with Crippen LogP contribution in [0.3, 0.4) is 0 Å². The fourth-order valence-corrected chi connectivity index (χ4v) is 3.08. The Kier molecular flexibility index (Phi) is 5.31. The fraction of sp³-hybridized carbons (Fsp3) is 0.250. The summed E-state index contributed by atoms with van der Waals surface area (Å²) in [6, 6.07) is 18.5. The Morgan fingerprint density at radius 3 is 2.42 bits per heavy atom. The minimum atomic E-state index is 0.261. The minimum absolute atomic E-state index is 0.261. The lowest BCUT2D eigenvalue weighted by Gasteiger charge is -2.17. The van der Waals surface area contributed by atoms with Gasteiger partial charge >= 0.3 is 0 Å². The predicted molar refractivity (Wildman–Crippen MR) is 82.5 cm³/mol. The molecule has 0 aromatic heterocycles.